The lowest BCUT2D eigenvalue weighted by atomic mass is 9.90. The Morgan fingerprint density at radius 1 is 1.24 bits per heavy atom. The molecule has 94 valence electrons. The largest absolute Gasteiger partial charge is 0.497 e. The smallest absolute Gasteiger partial charge is 0.119 e. The minimum Gasteiger partial charge on any atom is -0.497 e. The molecule has 2 unspecified atom stereocenters. The van der Waals surface area contributed by atoms with E-state index in [2.05, 4.69) is 26.0 Å². The van der Waals surface area contributed by atoms with E-state index in [9.17, 15) is 0 Å². The van der Waals surface area contributed by atoms with Gasteiger partial charge in [-0.3, -0.25) is 0 Å². The van der Waals surface area contributed by atoms with Crippen LogP contribution in [0.3, 0.4) is 0 Å². The van der Waals surface area contributed by atoms with Gasteiger partial charge in [0.1, 0.15) is 5.75 Å². The fourth-order valence-corrected chi connectivity index (χ4v) is 2.97. The highest BCUT2D eigenvalue weighted by molar-refractivity contribution is 5.41. The van der Waals surface area contributed by atoms with Crippen LogP contribution in [0, 0.1) is 19.8 Å². The van der Waals surface area contributed by atoms with Crippen LogP contribution in [0.15, 0.2) is 12.1 Å². The van der Waals surface area contributed by atoms with Crippen molar-refractivity contribution in [2.24, 2.45) is 11.7 Å². The van der Waals surface area contributed by atoms with Gasteiger partial charge in [-0.15, -0.1) is 0 Å². The minimum absolute atomic E-state index is 0.399. The molecule has 0 heterocycles. The summed E-state index contributed by atoms with van der Waals surface area (Å²) in [6.45, 7) is 4.34. The molecule has 1 aliphatic rings. The Bertz CT molecular complexity index is 377. The maximum absolute atomic E-state index is 6.16. The summed E-state index contributed by atoms with van der Waals surface area (Å²) in [5, 5.41) is 0. The molecule has 0 radical (unpaired) electrons. The van der Waals surface area contributed by atoms with Gasteiger partial charge in [0.2, 0.25) is 0 Å². The van der Waals surface area contributed by atoms with E-state index in [4.69, 9.17) is 10.5 Å². The topological polar surface area (TPSA) is 35.2 Å². The van der Waals surface area contributed by atoms with E-state index in [0.29, 0.717) is 12.0 Å². The molecule has 0 bridgehead atoms. The highest BCUT2D eigenvalue weighted by atomic mass is 16.5. The van der Waals surface area contributed by atoms with Gasteiger partial charge in [-0.1, -0.05) is 6.42 Å². The highest BCUT2D eigenvalue weighted by Gasteiger charge is 2.25. The van der Waals surface area contributed by atoms with Crippen molar-refractivity contribution in [1.82, 2.24) is 0 Å². The predicted octanol–water partition coefficient (Wildman–Crippen LogP) is 2.98. The van der Waals surface area contributed by atoms with Crippen molar-refractivity contribution in [3.05, 3.63) is 28.8 Å². The number of nitrogens with two attached hydrogens (primary N) is 1. The molecule has 2 N–H and O–H groups in total. The van der Waals surface area contributed by atoms with Gasteiger partial charge in [0.25, 0.3) is 0 Å². The van der Waals surface area contributed by atoms with Crippen LogP contribution in [0.1, 0.15) is 36.0 Å². The van der Waals surface area contributed by atoms with Crippen LogP contribution in [0.5, 0.6) is 5.75 Å². The molecule has 2 atom stereocenters. The van der Waals surface area contributed by atoms with E-state index in [1.54, 1.807) is 7.11 Å². The lowest BCUT2D eigenvalue weighted by Gasteiger charge is -2.19. The van der Waals surface area contributed by atoms with Crippen molar-refractivity contribution in [2.45, 2.75) is 45.6 Å². The second-order valence-corrected chi connectivity index (χ2v) is 5.30. The Morgan fingerprint density at radius 2 is 1.88 bits per heavy atom. The monoisotopic (exact) mass is 233 g/mol. The Balaban J connectivity index is 2.20. The first-order valence-corrected chi connectivity index (χ1v) is 6.51. The van der Waals surface area contributed by atoms with Gasteiger partial charge in [0.15, 0.2) is 0 Å². The number of hydrogen-bond acceptors (Lipinski definition) is 2. The van der Waals surface area contributed by atoms with E-state index in [1.807, 2.05) is 0 Å². The molecule has 1 aliphatic carbocycles. The number of benzene rings is 1. The van der Waals surface area contributed by atoms with Gasteiger partial charge in [0, 0.05) is 6.04 Å². The van der Waals surface area contributed by atoms with Crippen LogP contribution < -0.4 is 10.5 Å². The number of methoxy groups -OCH3 is 1. The highest BCUT2D eigenvalue weighted by Crippen LogP contribution is 2.31. The zero-order valence-electron chi connectivity index (χ0n) is 11.1. The summed E-state index contributed by atoms with van der Waals surface area (Å²) in [7, 11) is 1.72. The van der Waals surface area contributed by atoms with Gasteiger partial charge in [-0.25, -0.2) is 0 Å². The number of ether oxygens (including phenoxy) is 1. The molecule has 0 aromatic heterocycles. The van der Waals surface area contributed by atoms with Gasteiger partial charge < -0.3 is 10.5 Å². The van der Waals surface area contributed by atoms with Crippen LogP contribution in [0.4, 0.5) is 0 Å². The van der Waals surface area contributed by atoms with E-state index in [1.165, 1.54) is 36.0 Å². The summed E-state index contributed by atoms with van der Waals surface area (Å²) < 4.78 is 5.30. The predicted molar refractivity (Wildman–Crippen MR) is 71.5 cm³/mol. The summed E-state index contributed by atoms with van der Waals surface area (Å²) in [6.07, 6.45) is 4.90. The third kappa shape index (κ3) is 2.63. The molecule has 17 heavy (non-hydrogen) atoms. The standard InChI is InChI=1S/C15H23NO/c1-10-7-13(17-3)8-11(2)14(10)9-12-5-4-6-15(12)16/h7-8,12,15H,4-6,9,16H2,1-3H3. The normalized spacial score (nSPS) is 24.0. The molecule has 2 nitrogen and oxygen atoms in total. The Hall–Kier alpha value is -1.02. The average molecular weight is 233 g/mol. The number of hydrogen-bond donors (Lipinski definition) is 1. The maximum atomic E-state index is 6.16. The molecular weight excluding hydrogens is 210 g/mol. The molecule has 2 heteroatoms. The summed E-state index contributed by atoms with van der Waals surface area (Å²) in [5.41, 5.74) is 10.3. The van der Waals surface area contributed by atoms with Gasteiger partial charge in [-0.05, 0) is 67.9 Å². The first kappa shape index (κ1) is 12.4. The van der Waals surface area contributed by atoms with E-state index in [0.717, 1.165) is 12.2 Å². The summed E-state index contributed by atoms with van der Waals surface area (Å²) in [5.74, 6) is 1.63. The van der Waals surface area contributed by atoms with Crippen molar-refractivity contribution < 1.29 is 4.74 Å². The Kier molecular flexibility index (Phi) is 3.72. The third-order valence-electron chi connectivity index (χ3n) is 4.09. The molecule has 0 amide bonds. The molecule has 2 rings (SSSR count). The number of rotatable bonds is 3. The van der Waals surface area contributed by atoms with Crippen molar-refractivity contribution in [2.75, 3.05) is 7.11 Å². The summed E-state index contributed by atoms with van der Waals surface area (Å²) >= 11 is 0. The molecule has 1 aromatic carbocycles. The van der Waals surface area contributed by atoms with Crippen molar-refractivity contribution >= 4 is 0 Å². The molecular formula is C15H23NO. The molecule has 1 fully saturated rings. The molecule has 1 saturated carbocycles. The molecule has 1 aromatic rings. The SMILES string of the molecule is COc1cc(C)c(CC2CCCC2N)c(C)c1. The fraction of sp³-hybridized carbons (Fsp3) is 0.600. The summed E-state index contributed by atoms with van der Waals surface area (Å²) in [4.78, 5) is 0. The Morgan fingerprint density at radius 3 is 2.35 bits per heavy atom. The van der Waals surface area contributed by atoms with Crippen molar-refractivity contribution in [3.63, 3.8) is 0 Å². The molecule has 0 spiro atoms. The first-order chi connectivity index (χ1) is 8.11. The van der Waals surface area contributed by atoms with E-state index >= 15 is 0 Å². The lowest BCUT2D eigenvalue weighted by Crippen LogP contribution is -2.26. The van der Waals surface area contributed by atoms with Crippen LogP contribution in [0.2, 0.25) is 0 Å². The van der Waals surface area contributed by atoms with Crippen LogP contribution >= 0.6 is 0 Å². The average Bonchev–Trinajstić information content (AvgIpc) is 2.69. The zero-order chi connectivity index (χ0) is 12.4. The maximum Gasteiger partial charge on any atom is 0.119 e. The van der Waals surface area contributed by atoms with E-state index < -0.39 is 0 Å². The second-order valence-electron chi connectivity index (χ2n) is 5.30. The van der Waals surface area contributed by atoms with Crippen LogP contribution in [-0.4, -0.2) is 13.2 Å². The Labute approximate surface area is 104 Å². The van der Waals surface area contributed by atoms with Crippen LogP contribution in [0.25, 0.3) is 0 Å². The van der Waals surface area contributed by atoms with Crippen molar-refractivity contribution in [1.29, 1.82) is 0 Å². The molecule has 0 saturated heterocycles. The first-order valence-electron chi connectivity index (χ1n) is 6.51. The van der Waals surface area contributed by atoms with Gasteiger partial charge in [0.05, 0.1) is 7.11 Å². The lowest BCUT2D eigenvalue weighted by molar-refractivity contribution is 0.413. The minimum atomic E-state index is 0.399. The van der Waals surface area contributed by atoms with E-state index in [-0.39, 0.29) is 0 Å². The third-order valence-corrected chi connectivity index (χ3v) is 4.09. The van der Waals surface area contributed by atoms with Gasteiger partial charge in [-0.2, -0.15) is 0 Å². The fourth-order valence-electron chi connectivity index (χ4n) is 2.97. The summed E-state index contributed by atoms with van der Waals surface area (Å²) in [6, 6.07) is 4.65. The van der Waals surface area contributed by atoms with Crippen LogP contribution in [-0.2, 0) is 6.42 Å². The van der Waals surface area contributed by atoms with Gasteiger partial charge >= 0.3 is 0 Å². The molecule has 0 aliphatic heterocycles. The number of aryl methyl sites for hydroxylation is 2. The van der Waals surface area contributed by atoms with Crippen molar-refractivity contribution in [3.8, 4) is 5.75 Å². The second kappa shape index (κ2) is 5.09. The quantitative estimate of drug-likeness (QED) is 0.871. The zero-order valence-corrected chi connectivity index (χ0v) is 11.1.